The molecule has 0 amide bonds. The van der Waals surface area contributed by atoms with Gasteiger partial charge in [-0.1, -0.05) is 54.2 Å². The van der Waals surface area contributed by atoms with Gasteiger partial charge in [0.05, 0.1) is 10.6 Å². The van der Waals surface area contributed by atoms with Crippen molar-refractivity contribution < 1.29 is 10.0 Å². The fourth-order valence-corrected chi connectivity index (χ4v) is 3.14. The summed E-state index contributed by atoms with van der Waals surface area (Å²) in [7, 11) is 0. The van der Waals surface area contributed by atoms with Crippen molar-refractivity contribution in [1.82, 2.24) is 5.48 Å². The van der Waals surface area contributed by atoms with E-state index in [9.17, 15) is 10.0 Å². The fraction of sp³-hybridized carbons (Fsp3) is 0. The molecular formula is C15H11NO2S. The number of nitrogens with one attached hydrogen (secondary N) is 1. The van der Waals surface area contributed by atoms with Crippen LogP contribution in [0.1, 0.15) is 15.9 Å². The predicted octanol–water partition coefficient (Wildman–Crippen LogP) is 3.32. The zero-order valence-electron chi connectivity index (χ0n) is 9.96. The van der Waals surface area contributed by atoms with E-state index in [1.807, 2.05) is 48.5 Å². The van der Waals surface area contributed by atoms with Crippen LogP contribution >= 0.6 is 11.8 Å². The van der Waals surface area contributed by atoms with Gasteiger partial charge in [-0.15, -0.1) is 0 Å². The third-order valence-electron chi connectivity index (χ3n) is 2.95. The van der Waals surface area contributed by atoms with Crippen LogP contribution in [0.4, 0.5) is 0 Å². The first-order valence-corrected chi connectivity index (χ1v) is 6.64. The number of hydroxylamine groups is 1. The molecule has 1 aliphatic rings. The maximum absolute atomic E-state index is 12.3. The second-order valence-electron chi connectivity index (χ2n) is 4.11. The molecule has 0 bridgehead atoms. The summed E-state index contributed by atoms with van der Waals surface area (Å²) in [5.41, 5.74) is 4.09. The van der Waals surface area contributed by atoms with E-state index >= 15 is 0 Å². The third kappa shape index (κ3) is 2.05. The van der Waals surface area contributed by atoms with Crippen LogP contribution in [0.15, 0.2) is 64.4 Å². The molecule has 0 radical (unpaired) electrons. The average molecular weight is 269 g/mol. The van der Waals surface area contributed by atoms with Gasteiger partial charge < -0.3 is 0 Å². The highest BCUT2D eigenvalue weighted by Crippen LogP contribution is 2.42. The largest absolute Gasteiger partial charge is 0.291 e. The molecule has 0 aliphatic carbocycles. The number of fused-ring (bicyclic) bond motifs is 1. The van der Waals surface area contributed by atoms with Gasteiger partial charge in [0.25, 0.3) is 0 Å². The summed E-state index contributed by atoms with van der Waals surface area (Å²) >= 11 is 1.38. The number of carbonyl (C=O) groups excluding carboxylic acids is 1. The molecule has 1 aliphatic heterocycles. The lowest BCUT2D eigenvalue weighted by atomic mass is 10.1. The Morgan fingerprint density at radius 2 is 1.68 bits per heavy atom. The first-order chi connectivity index (χ1) is 9.31. The van der Waals surface area contributed by atoms with Gasteiger partial charge in [-0.05, 0) is 12.1 Å². The van der Waals surface area contributed by atoms with E-state index in [2.05, 4.69) is 5.48 Å². The summed E-state index contributed by atoms with van der Waals surface area (Å²) in [6.45, 7) is 0. The minimum Gasteiger partial charge on any atom is -0.291 e. The Morgan fingerprint density at radius 3 is 2.37 bits per heavy atom. The van der Waals surface area contributed by atoms with E-state index < -0.39 is 0 Å². The van der Waals surface area contributed by atoms with Crippen molar-refractivity contribution in [3.8, 4) is 0 Å². The fourth-order valence-electron chi connectivity index (χ4n) is 2.04. The van der Waals surface area contributed by atoms with Gasteiger partial charge in [0, 0.05) is 16.0 Å². The summed E-state index contributed by atoms with van der Waals surface area (Å²) < 4.78 is 0. The summed E-state index contributed by atoms with van der Waals surface area (Å²) in [6.07, 6.45) is 0. The smallest absolute Gasteiger partial charge is 0.203 e. The minimum absolute atomic E-state index is 0.0546. The van der Waals surface area contributed by atoms with Gasteiger partial charge >= 0.3 is 0 Å². The van der Waals surface area contributed by atoms with Crippen LogP contribution in [-0.4, -0.2) is 11.0 Å². The van der Waals surface area contributed by atoms with Crippen molar-refractivity contribution in [3.05, 3.63) is 70.6 Å². The van der Waals surface area contributed by atoms with Crippen molar-refractivity contribution in [3.63, 3.8) is 0 Å². The van der Waals surface area contributed by atoms with Gasteiger partial charge in [0.15, 0.2) is 0 Å². The Hall–Kier alpha value is -2.04. The normalized spacial score (nSPS) is 16.2. The Balaban J connectivity index is 2.12. The predicted molar refractivity (Wildman–Crippen MR) is 74.9 cm³/mol. The van der Waals surface area contributed by atoms with Gasteiger partial charge in [0.1, 0.15) is 0 Å². The number of ketones is 1. The van der Waals surface area contributed by atoms with Crippen molar-refractivity contribution in [2.75, 3.05) is 0 Å². The second kappa shape index (κ2) is 4.91. The maximum atomic E-state index is 12.3. The molecule has 2 N–H and O–H groups in total. The zero-order chi connectivity index (χ0) is 13.2. The van der Waals surface area contributed by atoms with Gasteiger partial charge in [-0.3, -0.25) is 15.5 Å². The molecule has 3 nitrogen and oxygen atoms in total. The van der Waals surface area contributed by atoms with Gasteiger partial charge in [-0.2, -0.15) is 0 Å². The molecule has 94 valence electrons. The SMILES string of the molecule is O=C1C(=C(NO)c2ccccc2)Sc2ccccc21. The third-order valence-corrected chi connectivity index (χ3v) is 4.12. The molecule has 0 unspecified atom stereocenters. The number of hydrogen-bond acceptors (Lipinski definition) is 4. The number of carbonyl (C=O) groups is 1. The van der Waals surface area contributed by atoms with E-state index in [4.69, 9.17) is 0 Å². The zero-order valence-corrected chi connectivity index (χ0v) is 10.8. The Labute approximate surface area is 114 Å². The number of allylic oxidation sites excluding steroid dienone is 1. The monoisotopic (exact) mass is 269 g/mol. The Kier molecular flexibility index (Phi) is 3.11. The van der Waals surface area contributed by atoms with Crippen molar-refractivity contribution in [2.45, 2.75) is 4.90 Å². The molecule has 4 heteroatoms. The quantitative estimate of drug-likeness (QED) is 0.648. The van der Waals surface area contributed by atoms with Crippen LogP contribution in [0.2, 0.25) is 0 Å². The summed E-state index contributed by atoms with van der Waals surface area (Å²) in [4.78, 5) is 13.8. The summed E-state index contributed by atoms with van der Waals surface area (Å²) in [6, 6.07) is 16.8. The van der Waals surface area contributed by atoms with E-state index in [1.165, 1.54) is 11.8 Å². The summed E-state index contributed by atoms with van der Waals surface area (Å²) in [5.74, 6) is -0.0546. The number of thioether (sulfide) groups is 1. The molecule has 0 atom stereocenters. The lowest BCUT2D eigenvalue weighted by molar-refractivity contribution is 0.104. The van der Waals surface area contributed by atoms with Crippen LogP contribution < -0.4 is 5.48 Å². The molecule has 3 rings (SSSR count). The maximum Gasteiger partial charge on any atom is 0.203 e. The van der Waals surface area contributed by atoms with Crippen molar-refractivity contribution in [2.24, 2.45) is 0 Å². The number of rotatable bonds is 2. The van der Waals surface area contributed by atoms with E-state index in [-0.39, 0.29) is 5.78 Å². The molecule has 0 saturated heterocycles. The molecule has 19 heavy (non-hydrogen) atoms. The number of hydrogen-bond donors (Lipinski definition) is 2. The molecule has 0 aromatic heterocycles. The molecular weight excluding hydrogens is 258 g/mol. The first kappa shape index (κ1) is 12.0. The highest BCUT2D eigenvalue weighted by molar-refractivity contribution is 8.05. The van der Waals surface area contributed by atoms with Gasteiger partial charge in [-0.25, -0.2) is 0 Å². The van der Waals surface area contributed by atoms with Crippen molar-refractivity contribution >= 4 is 23.2 Å². The first-order valence-electron chi connectivity index (χ1n) is 5.82. The van der Waals surface area contributed by atoms with Crippen LogP contribution in [0.3, 0.4) is 0 Å². The molecule has 1 heterocycles. The van der Waals surface area contributed by atoms with Crippen molar-refractivity contribution in [1.29, 1.82) is 0 Å². The molecule has 2 aromatic rings. The van der Waals surface area contributed by atoms with Crippen LogP contribution in [0, 0.1) is 0 Å². The van der Waals surface area contributed by atoms with Crippen LogP contribution in [-0.2, 0) is 0 Å². The average Bonchev–Trinajstić information content (AvgIpc) is 2.79. The topological polar surface area (TPSA) is 49.3 Å². The minimum atomic E-state index is -0.0546. The summed E-state index contributed by atoms with van der Waals surface area (Å²) in [5, 5.41) is 9.36. The molecule has 0 fully saturated rings. The second-order valence-corrected chi connectivity index (χ2v) is 5.16. The molecule has 2 aromatic carbocycles. The highest BCUT2D eigenvalue weighted by atomic mass is 32.2. The number of benzene rings is 2. The Bertz CT molecular complexity index is 665. The number of Topliss-reactive ketones (excluding diaryl/α,β-unsaturated/α-hetero) is 1. The van der Waals surface area contributed by atoms with E-state index in [1.54, 1.807) is 6.07 Å². The lowest BCUT2D eigenvalue weighted by Gasteiger charge is -2.08. The van der Waals surface area contributed by atoms with Crippen LogP contribution in [0.5, 0.6) is 0 Å². The molecule has 0 saturated carbocycles. The van der Waals surface area contributed by atoms with Gasteiger partial charge in [0.2, 0.25) is 5.78 Å². The lowest BCUT2D eigenvalue weighted by Crippen LogP contribution is -2.10. The highest BCUT2D eigenvalue weighted by Gasteiger charge is 2.28. The molecule has 0 spiro atoms. The Morgan fingerprint density at radius 1 is 1.00 bits per heavy atom. The van der Waals surface area contributed by atoms with Crippen LogP contribution in [0.25, 0.3) is 5.70 Å². The standard InChI is InChI=1S/C15H11NO2S/c17-14-11-8-4-5-9-12(11)19-15(14)13(16-18)10-6-2-1-3-7-10/h1-9,16,18H. The van der Waals surface area contributed by atoms with E-state index in [0.29, 0.717) is 16.2 Å². The van der Waals surface area contributed by atoms with E-state index in [0.717, 1.165) is 10.5 Å².